The second-order valence-corrected chi connectivity index (χ2v) is 5.40. The standard InChI is InChI=1S/C9H14ClN3O2S/c1-2-3-4-5-13-16(14,15)8-6-11-9(10)12-7-8/h6-7,13H,2-5H2,1H3. The summed E-state index contributed by atoms with van der Waals surface area (Å²) in [6.07, 6.45) is 5.25. The molecule has 1 aromatic heterocycles. The first kappa shape index (κ1) is 13.3. The summed E-state index contributed by atoms with van der Waals surface area (Å²) >= 11 is 5.47. The van der Waals surface area contributed by atoms with E-state index in [0.717, 1.165) is 19.3 Å². The summed E-state index contributed by atoms with van der Waals surface area (Å²) in [7, 11) is -3.49. The molecule has 0 aromatic carbocycles. The maximum Gasteiger partial charge on any atom is 0.243 e. The van der Waals surface area contributed by atoms with Crippen LogP contribution in [-0.2, 0) is 10.0 Å². The smallest absolute Gasteiger partial charge is 0.225 e. The van der Waals surface area contributed by atoms with Crippen LogP contribution in [-0.4, -0.2) is 24.9 Å². The van der Waals surface area contributed by atoms with Gasteiger partial charge < -0.3 is 0 Å². The predicted octanol–water partition coefficient (Wildman–Crippen LogP) is 1.60. The predicted molar refractivity (Wildman–Crippen MR) is 61.8 cm³/mol. The van der Waals surface area contributed by atoms with Gasteiger partial charge in [0, 0.05) is 6.54 Å². The fourth-order valence-corrected chi connectivity index (χ4v) is 2.16. The zero-order chi connectivity index (χ0) is 12.0. The third-order valence-corrected chi connectivity index (χ3v) is 3.59. The number of halogens is 1. The van der Waals surface area contributed by atoms with E-state index in [2.05, 4.69) is 21.6 Å². The number of aromatic nitrogens is 2. The van der Waals surface area contributed by atoms with Crippen molar-refractivity contribution >= 4 is 21.6 Å². The van der Waals surface area contributed by atoms with E-state index in [0.29, 0.717) is 6.54 Å². The molecule has 1 N–H and O–H groups in total. The monoisotopic (exact) mass is 263 g/mol. The minimum Gasteiger partial charge on any atom is -0.225 e. The van der Waals surface area contributed by atoms with E-state index < -0.39 is 10.0 Å². The zero-order valence-electron chi connectivity index (χ0n) is 8.98. The summed E-state index contributed by atoms with van der Waals surface area (Å²) < 4.78 is 25.8. The molecule has 1 heterocycles. The number of unbranched alkanes of at least 4 members (excludes halogenated alkanes) is 2. The lowest BCUT2D eigenvalue weighted by atomic mass is 10.3. The molecule has 0 atom stereocenters. The molecule has 0 aliphatic heterocycles. The van der Waals surface area contributed by atoms with Crippen LogP contribution < -0.4 is 4.72 Å². The molecule has 1 aromatic rings. The molecule has 0 spiro atoms. The molecule has 0 bridgehead atoms. The van der Waals surface area contributed by atoms with Gasteiger partial charge in [0.1, 0.15) is 4.90 Å². The van der Waals surface area contributed by atoms with Crippen molar-refractivity contribution in [3.8, 4) is 0 Å². The Kier molecular flexibility index (Phi) is 5.11. The summed E-state index contributed by atoms with van der Waals surface area (Å²) in [6, 6.07) is 0. The van der Waals surface area contributed by atoms with Crippen LogP contribution in [0.15, 0.2) is 17.3 Å². The summed E-state index contributed by atoms with van der Waals surface area (Å²) in [6.45, 7) is 2.49. The molecule has 0 aliphatic carbocycles. The number of nitrogens with zero attached hydrogens (tertiary/aromatic N) is 2. The second-order valence-electron chi connectivity index (χ2n) is 3.29. The van der Waals surface area contributed by atoms with E-state index >= 15 is 0 Å². The van der Waals surface area contributed by atoms with Crippen molar-refractivity contribution in [3.05, 3.63) is 17.7 Å². The van der Waals surface area contributed by atoms with Gasteiger partial charge in [0.05, 0.1) is 12.4 Å². The highest BCUT2D eigenvalue weighted by molar-refractivity contribution is 7.89. The van der Waals surface area contributed by atoms with Crippen molar-refractivity contribution < 1.29 is 8.42 Å². The third-order valence-electron chi connectivity index (χ3n) is 1.98. The number of sulfonamides is 1. The van der Waals surface area contributed by atoms with Crippen molar-refractivity contribution in [2.45, 2.75) is 31.1 Å². The lowest BCUT2D eigenvalue weighted by Gasteiger charge is -2.05. The average Bonchev–Trinajstić information content (AvgIpc) is 2.25. The van der Waals surface area contributed by atoms with Crippen molar-refractivity contribution in [2.24, 2.45) is 0 Å². The summed E-state index contributed by atoms with van der Waals surface area (Å²) in [4.78, 5) is 7.29. The molecule has 16 heavy (non-hydrogen) atoms. The van der Waals surface area contributed by atoms with Crippen LogP contribution >= 0.6 is 11.6 Å². The maximum atomic E-state index is 11.7. The highest BCUT2D eigenvalue weighted by Crippen LogP contribution is 2.07. The van der Waals surface area contributed by atoms with E-state index in [4.69, 9.17) is 11.6 Å². The fraction of sp³-hybridized carbons (Fsp3) is 0.556. The van der Waals surface area contributed by atoms with Gasteiger partial charge in [-0.15, -0.1) is 0 Å². The molecule has 0 aliphatic rings. The maximum absolute atomic E-state index is 11.7. The quantitative estimate of drug-likeness (QED) is 0.625. The molecular weight excluding hydrogens is 250 g/mol. The molecular formula is C9H14ClN3O2S. The van der Waals surface area contributed by atoms with Crippen molar-refractivity contribution in [2.75, 3.05) is 6.54 Å². The number of hydrogen-bond donors (Lipinski definition) is 1. The van der Waals surface area contributed by atoms with Crippen LogP contribution in [0, 0.1) is 0 Å². The Balaban J connectivity index is 2.60. The van der Waals surface area contributed by atoms with E-state index in [1.165, 1.54) is 12.4 Å². The normalized spacial score (nSPS) is 11.6. The van der Waals surface area contributed by atoms with Gasteiger partial charge in [-0.05, 0) is 18.0 Å². The molecule has 0 unspecified atom stereocenters. The van der Waals surface area contributed by atoms with Crippen molar-refractivity contribution in [1.29, 1.82) is 0 Å². The first-order valence-electron chi connectivity index (χ1n) is 5.03. The Morgan fingerprint density at radius 2 is 1.94 bits per heavy atom. The van der Waals surface area contributed by atoms with Gasteiger partial charge in [-0.2, -0.15) is 0 Å². The van der Waals surface area contributed by atoms with Gasteiger partial charge in [0.15, 0.2) is 0 Å². The highest BCUT2D eigenvalue weighted by atomic mass is 35.5. The van der Waals surface area contributed by atoms with Gasteiger partial charge in [0.2, 0.25) is 15.3 Å². The minimum absolute atomic E-state index is 0.0323. The molecule has 0 saturated carbocycles. The lowest BCUT2D eigenvalue weighted by molar-refractivity contribution is 0.575. The Labute approximate surface area is 100 Å². The molecule has 0 amide bonds. The second kappa shape index (κ2) is 6.12. The molecule has 7 heteroatoms. The van der Waals surface area contributed by atoms with Crippen LogP contribution in [0.1, 0.15) is 26.2 Å². The lowest BCUT2D eigenvalue weighted by Crippen LogP contribution is -2.25. The minimum atomic E-state index is -3.49. The van der Waals surface area contributed by atoms with Crippen molar-refractivity contribution in [1.82, 2.24) is 14.7 Å². The van der Waals surface area contributed by atoms with E-state index in [1.807, 2.05) is 0 Å². The number of hydrogen-bond acceptors (Lipinski definition) is 4. The van der Waals surface area contributed by atoms with Gasteiger partial charge in [-0.1, -0.05) is 19.8 Å². The Morgan fingerprint density at radius 3 is 2.50 bits per heavy atom. The van der Waals surface area contributed by atoms with E-state index in [1.54, 1.807) is 0 Å². The van der Waals surface area contributed by atoms with Gasteiger partial charge in [-0.25, -0.2) is 23.1 Å². The molecule has 1 rings (SSSR count). The topological polar surface area (TPSA) is 72.0 Å². The SMILES string of the molecule is CCCCCNS(=O)(=O)c1cnc(Cl)nc1. The molecule has 0 saturated heterocycles. The van der Waals surface area contributed by atoms with Crippen molar-refractivity contribution in [3.63, 3.8) is 0 Å². The molecule has 5 nitrogen and oxygen atoms in total. The Morgan fingerprint density at radius 1 is 1.31 bits per heavy atom. The first-order chi connectivity index (χ1) is 7.56. The van der Waals surface area contributed by atoms with Gasteiger partial charge >= 0.3 is 0 Å². The Hall–Kier alpha value is -0.720. The van der Waals surface area contributed by atoms with E-state index in [-0.39, 0.29) is 10.2 Å². The summed E-state index contributed by atoms with van der Waals surface area (Å²) in [5.41, 5.74) is 0. The molecule has 0 radical (unpaired) electrons. The van der Waals surface area contributed by atoms with Crippen LogP contribution in [0.25, 0.3) is 0 Å². The zero-order valence-corrected chi connectivity index (χ0v) is 10.6. The molecule has 0 fully saturated rings. The van der Waals surface area contributed by atoms with Crippen LogP contribution in [0.2, 0.25) is 5.28 Å². The van der Waals surface area contributed by atoms with E-state index in [9.17, 15) is 8.42 Å². The van der Waals surface area contributed by atoms with Crippen LogP contribution in [0.4, 0.5) is 0 Å². The Bertz CT molecular complexity index is 419. The van der Waals surface area contributed by atoms with Crippen LogP contribution in [0.5, 0.6) is 0 Å². The van der Waals surface area contributed by atoms with Crippen LogP contribution in [0.3, 0.4) is 0 Å². The number of rotatable bonds is 6. The number of nitrogens with one attached hydrogen (secondary N) is 1. The average molecular weight is 264 g/mol. The largest absolute Gasteiger partial charge is 0.243 e. The summed E-state index contributed by atoms with van der Waals surface area (Å²) in [5.74, 6) is 0. The summed E-state index contributed by atoms with van der Waals surface area (Å²) in [5, 5.41) is 0.0323. The first-order valence-corrected chi connectivity index (χ1v) is 6.89. The highest BCUT2D eigenvalue weighted by Gasteiger charge is 2.13. The van der Waals surface area contributed by atoms with Gasteiger partial charge in [0.25, 0.3) is 0 Å². The fourth-order valence-electron chi connectivity index (χ4n) is 1.10. The van der Waals surface area contributed by atoms with Gasteiger partial charge in [-0.3, -0.25) is 0 Å². The third kappa shape index (κ3) is 4.03. The molecule has 90 valence electrons.